The minimum atomic E-state index is -3.69. The number of anilines is 1. The molecule has 0 radical (unpaired) electrons. The highest BCUT2D eigenvalue weighted by Gasteiger charge is 2.48. The summed E-state index contributed by atoms with van der Waals surface area (Å²) in [4.78, 5) is 4.39. The Labute approximate surface area is 194 Å². The van der Waals surface area contributed by atoms with Gasteiger partial charge < -0.3 is 10.4 Å². The lowest BCUT2D eigenvalue weighted by atomic mass is 9.83. The molecule has 168 valence electrons. The Kier molecular flexibility index (Phi) is 5.67. The molecule has 6 nitrogen and oxygen atoms in total. The molecule has 2 aliphatic rings. The van der Waals surface area contributed by atoms with E-state index in [0.717, 1.165) is 27.9 Å². The van der Waals surface area contributed by atoms with Gasteiger partial charge in [-0.1, -0.05) is 24.0 Å². The average molecular weight is 460 g/mol. The van der Waals surface area contributed by atoms with Crippen LogP contribution >= 0.6 is 0 Å². The smallest absolute Gasteiger partial charge is 0.243 e. The first kappa shape index (κ1) is 21.7. The van der Waals surface area contributed by atoms with Gasteiger partial charge in [0.05, 0.1) is 23.6 Å². The van der Waals surface area contributed by atoms with Crippen LogP contribution in [0.4, 0.5) is 5.69 Å². The van der Waals surface area contributed by atoms with Crippen LogP contribution in [0.2, 0.25) is 0 Å². The maximum Gasteiger partial charge on any atom is 0.243 e. The van der Waals surface area contributed by atoms with Crippen molar-refractivity contribution in [1.82, 2.24) is 9.29 Å². The number of fused-ring (bicyclic) bond motifs is 3. The fourth-order valence-corrected chi connectivity index (χ4v) is 6.63. The van der Waals surface area contributed by atoms with Gasteiger partial charge in [0.1, 0.15) is 0 Å². The van der Waals surface area contributed by atoms with Crippen LogP contribution in [0.3, 0.4) is 0 Å². The fraction of sp³-hybridized carbons (Fsp3) is 0.269. The summed E-state index contributed by atoms with van der Waals surface area (Å²) >= 11 is 0. The summed E-state index contributed by atoms with van der Waals surface area (Å²) in [7, 11) is -3.69. The summed E-state index contributed by atoms with van der Waals surface area (Å²) in [5.74, 6) is 6.27. The van der Waals surface area contributed by atoms with Crippen LogP contribution in [0.5, 0.6) is 0 Å². The maximum absolute atomic E-state index is 13.7. The Bertz CT molecular complexity index is 1350. The standard InChI is InChI=1S/C26H25N3O3S/c1-18-4-2-6-21(14-18)33(31,32)29-13-11-22-25(17-30)28-24-10-9-19(15-23(24)26(22)29)7-8-20-5-3-12-27-16-20/h2-6,9-10,12,14-16,22,25-26,28,30H,11,13,17H2,1H3/t22-,25-,26-/m1/s1. The summed E-state index contributed by atoms with van der Waals surface area (Å²) in [5, 5.41) is 13.4. The molecular formula is C26H25N3O3S. The molecule has 1 fully saturated rings. The van der Waals surface area contributed by atoms with E-state index in [9.17, 15) is 13.5 Å². The zero-order valence-corrected chi connectivity index (χ0v) is 19.1. The second kappa shape index (κ2) is 8.64. The number of aliphatic hydroxyl groups excluding tert-OH is 1. The van der Waals surface area contributed by atoms with E-state index in [0.29, 0.717) is 17.9 Å². The number of aromatic nitrogens is 1. The molecule has 0 amide bonds. The van der Waals surface area contributed by atoms with E-state index in [1.54, 1.807) is 34.9 Å². The van der Waals surface area contributed by atoms with Gasteiger partial charge in [0, 0.05) is 41.7 Å². The molecule has 2 N–H and O–H groups in total. The minimum Gasteiger partial charge on any atom is -0.394 e. The number of aryl methyl sites for hydroxylation is 1. The third-order valence-electron chi connectivity index (χ3n) is 6.43. The largest absolute Gasteiger partial charge is 0.394 e. The quantitative estimate of drug-likeness (QED) is 0.587. The van der Waals surface area contributed by atoms with Gasteiger partial charge >= 0.3 is 0 Å². The maximum atomic E-state index is 13.7. The van der Waals surface area contributed by atoms with Crippen LogP contribution in [-0.4, -0.2) is 42.0 Å². The highest BCUT2D eigenvalue weighted by Crippen LogP contribution is 2.48. The van der Waals surface area contributed by atoms with E-state index < -0.39 is 10.0 Å². The predicted octanol–water partition coefficient (Wildman–Crippen LogP) is 3.33. The molecule has 2 aromatic carbocycles. The highest BCUT2D eigenvalue weighted by atomic mass is 32.2. The van der Waals surface area contributed by atoms with Crippen molar-refractivity contribution in [3.63, 3.8) is 0 Å². The Morgan fingerprint density at radius 3 is 2.73 bits per heavy atom. The Balaban J connectivity index is 1.57. The van der Waals surface area contributed by atoms with Gasteiger partial charge in [-0.15, -0.1) is 0 Å². The lowest BCUT2D eigenvalue weighted by molar-refractivity contribution is 0.210. The summed E-state index contributed by atoms with van der Waals surface area (Å²) in [6, 6.07) is 16.0. The number of pyridine rings is 1. The Hall–Kier alpha value is -3.18. The molecule has 33 heavy (non-hydrogen) atoms. The van der Waals surface area contributed by atoms with Crippen molar-refractivity contribution in [2.24, 2.45) is 5.92 Å². The molecule has 0 unspecified atom stereocenters. The van der Waals surface area contributed by atoms with Gasteiger partial charge in [-0.25, -0.2) is 8.42 Å². The number of nitrogens with one attached hydrogen (secondary N) is 1. The average Bonchev–Trinajstić information content (AvgIpc) is 3.29. The first-order valence-electron chi connectivity index (χ1n) is 11.0. The molecule has 0 bridgehead atoms. The summed E-state index contributed by atoms with van der Waals surface area (Å²) < 4.78 is 28.9. The van der Waals surface area contributed by atoms with Crippen LogP contribution in [-0.2, 0) is 10.0 Å². The Morgan fingerprint density at radius 1 is 1.12 bits per heavy atom. The van der Waals surface area contributed by atoms with Crippen molar-refractivity contribution in [2.45, 2.75) is 30.3 Å². The number of benzene rings is 2. The fourth-order valence-electron chi connectivity index (χ4n) is 4.86. The number of hydrogen-bond donors (Lipinski definition) is 2. The lowest BCUT2D eigenvalue weighted by Crippen LogP contribution is -2.42. The van der Waals surface area contributed by atoms with E-state index in [-0.39, 0.29) is 24.6 Å². The molecular weight excluding hydrogens is 434 g/mol. The molecule has 7 heteroatoms. The van der Waals surface area contributed by atoms with Gasteiger partial charge in [0.25, 0.3) is 0 Å². The van der Waals surface area contributed by atoms with Gasteiger partial charge in [-0.3, -0.25) is 4.98 Å². The topological polar surface area (TPSA) is 82.5 Å². The van der Waals surface area contributed by atoms with E-state index in [1.807, 2.05) is 43.3 Å². The van der Waals surface area contributed by atoms with Gasteiger partial charge in [-0.2, -0.15) is 4.31 Å². The number of sulfonamides is 1. The van der Waals surface area contributed by atoms with Crippen molar-refractivity contribution in [2.75, 3.05) is 18.5 Å². The molecule has 2 aliphatic heterocycles. The second-order valence-electron chi connectivity index (χ2n) is 8.56. The minimum absolute atomic E-state index is 0.0244. The highest BCUT2D eigenvalue weighted by molar-refractivity contribution is 7.89. The van der Waals surface area contributed by atoms with Crippen LogP contribution in [0.25, 0.3) is 0 Å². The van der Waals surface area contributed by atoms with E-state index >= 15 is 0 Å². The van der Waals surface area contributed by atoms with E-state index in [2.05, 4.69) is 22.1 Å². The van der Waals surface area contributed by atoms with Crippen LogP contribution in [0.15, 0.2) is 71.9 Å². The number of nitrogens with zero attached hydrogens (tertiary/aromatic N) is 2. The van der Waals surface area contributed by atoms with Crippen molar-refractivity contribution >= 4 is 15.7 Å². The second-order valence-corrected chi connectivity index (χ2v) is 10.4. The molecule has 1 saturated heterocycles. The van der Waals surface area contributed by atoms with Crippen LogP contribution in [0, 0.1) is 24.7 Å². The lowest BCUT2D eigenvalue weighted by Gasteiger charge is -2.38. The van der Waals surface area contributed by atoms with Crippen LogP contribution < -0.4 is 5.32 Å². The SMILES string of the molecule is Cc1cccc(S(=O)(=O)N2CC[C@@H]3[C@@H](CO)Nc4ccc(C#Cc5cccnc5)cc4[C@@H]32)c1. The molecule has 3 atom stereocenters. The van der Waals surface area contributed by atoms with Crippen molar-refractivity contribution < 1.29 is 13.5 Å². The summed E-state index contributed by atoms with van der Waals surface area (Å²) in [6.07, 6.45) is 4.09. The predicted molar refractivity (Wildman–Crippen MR) is 127 cm³/mol. The molecule has 3 heterocycles. The molecule has 0 saturated carbocycles. The first-order chi connectivity index (χ1) is 16.0. The molecule has 5 rings (SSSR count). The van der Waals surface area contributed by atoms with E-state index in [1.165, 1.54) is 0 Å². The first-order valence-corrected chi connectivity index (χ1v) is 12.4. The number of rotatable bonds is 3. The van der Waals surface area contributed by atoms with E-state index in [4.69, 9.17) is 0 Å². The number of hydrogen-bond acceptors (Lipinski definition) is 5. The van der Waals surface area contributed by atoms with Crippen molar-refractivity contribution in [3.05, 3.63) is 89.2 Å². The third kappa shape index (κ3) is 4.02. The molecule has 0 spiro atoms. The Morgan fingerprint density at radius 2 is 1.97 bits per heavy atom. The van der Waals surface area contributed by atoms with Crippen LogP contribution in [0.1, 0.15) is 34.7 Å². The normalized spacial score (nSPS) is 21.9. The summed E-state index contributed by atoms with van der Waals surface area (Å²) in [6.45, 7) is 2.25. The monoisotopic (exact) mass is 459 g/mol. The van der Waals surface area contributed by atoms with Crippen molar-refractivity contribution in [3.8, 4) is 11.8 Å². The van der Waals surface area contributed by atoms with Gasteiger partial charge in [0.2, 0.25) is 10.0 Å². The van der Waals surface area contributed by atoms with Crippen molar-refractivity contribution in [1.29, 1.82) is 0 Å². The zero-order valence-electron chi connectivity index (χ0n) is 18.3. The number of aliphatic hydroxyl groups is 1. The van der Waals surface area contributed by atoms with Gasteiger partial charge in [0.15, 0.2) is 0 Å². The molecule has 1 aromatic heterocycles. The zero-order chi connectivity index (χ0) is 23.0. The third-order valence-corrected chi connectivity index (χ3v) is 8.31. The molecule has 0 aliphatic carbocycles. The van der Waals surface area contributed by atoms with Gasteiger partial charge in [-0.05, 0) is 66.9 Å². The summed E-state index contributed by atoms with van der Waals surface area (Å²) in [5.41, 5.74) is 4.26. The molecule has 3 aromatic rings.